The van der Waals surface area contributed by atoms with Crippen molar-refractivity contribution >= 4 is 11.9 Å². The number of hydrogen-bond donors (Lipinski definition) is 1. The van der Waals surface area contributed by atoms with Crippen LogP contribution in [-0.4, -0.2) is 25.0 Å². The normalized spacial score (nSPS) is 11.5. The monoisotopic (exact) mass is 385 g/mol. The van der Waals surface area contributed by atoms with Gasteiger partial charge in [-0.2, -0.15) is 0 Å². The van der Waals surface area contributed by atoms with Crippen LogP contribution in [0.1, 0.15) is 112 Å². The lowest BCUT2D eigenvalue weighted by atomic mass is 9.94. The first-order chi connectivity index (χ1) is 13.0. The van der Waals surface area contributed by atoms with Gasteiger partial charge in [0.1, 0.15) is 0 Å². The quantitative estimate of drug-likeness (QED) is 0.251. The number of carbonyl (C=O) groups is 2. The predicted molar refractivity (Wildman–Crippen MR) is 116 cm³/mol. The Morgan fingerprint density at radius 1 is 0.852 bits per heavy atom. The molecule has 27 heavy (non-hydrogen) atoms. The van der Waals surface area contributed by atoms with Crippen molar-refractivity contribution in [2.45, 2.75) is 112 Å². The summed E-state index contributed by atoms with van der Waals surface area (Å²) >= 11 is 0. The van der Waals surface area contributed by atoms with Gasteiger partial charge in [0.15, 0.2) is 0 Å². The Hall–Kier alpha value is -1.06. The van der Waals surface area contributed by atoms with Crippen molar-refractivity contribution in [2.75, 3.05) is 13.2 Å². The lowest BCUT2D eigenvalue weighted by molar-refractivity contribution is -0.144. The van der Waals surface area contributed by atoms with E-state index in [1.165, 1.54) is 19.3 Å². The molecule has 0 radical (unpaired) electrons. The molecule has 0 fully saturated rings. The highest BCUT2D eigenvalue weighted by Crippen LogP contribution is 2.17. The molecule has 0 bridgehead atoms. The third-order valence-corrected chi connectivity index (χ3v) is 4.49. The second-order valence-corrected chi connectivity index (χ2v) is 7.49. The first-order valence-corrected chi connectivity index (χ1v) is 11.4. The van der Waals surface area contributed by atoms with Crippen molar-refractivity contribution < 1.29 is 14.3 Å². The van der Waals surface area contributed by atoms with E-state index in [-0.39, 0.29) is 17.8 Å². The maximum Gasteiger partial charge on any atom is 0.305 e. The first kappa shape index (κ1) is 28.2. The lowest BCUT2D eigenvalue weighted by Crippen LogP contribution is -2.32. The maximum absolute atomic E-state index is 12.4. The molecule has 0 aromatic rings. The van der Waals surface area contributed by atoms with E-state index in [4.69, 9.17) is 4.74 Å². The zero-order valence-electron chi connectivity index (χ0n) is 19.1. The van der Waals surface area contributed by atoms with Gasteiger partial charge in [0.25, 0.3) is 0 Å². The molecule has 0 saturated carbocycles. The van der Waals surface area contributed by atoms with Gasteiger partial charge in [-0.25, -0.2) is 0 Å². The van der Waals surface area contributed by atoms with Crippen LogP contribution in [0, 0.1) is 11.8 Å². The topological polar surface area (TPSA) is 55.4 Å². The van der Waals surface area contributed by atoms with Crippen LogP contribution >= 0.6 is 0 Å². The molecule has 4 heteroatoms. The molecule has 0 aliphatic heterocycles. The van der Waals surface area contributed by atoms with E-state index in [2.05, 4.69) is 33.0 Å². The summed E-state index contributed by atoms with van der Waals surface area (Å²) in [5.41, 5.74) is 0. The van der Waals surface area contributed by atoms with Crippen LogP contribution in [0.4, 0.5) is 0 Å². The Labute approximate surface area is 169 Å². The molecule has 0 spiro atoms. The molecular formula is C23H47NO3. The minimum absolute atomic E-state index is 0.128. The number of unbranched alkanes of at least 4 members (excludes halogenated alkanes) is 4. The maximum atomic E-state index is 12.4. The van der Waals surface area contributed by atoms with Crippen molar-refractivity contribution in [3.05, 3.63) is 0 Å². The molecule has 0 rings (SSSR count). The van der Waals surface area contributed by atoms with Crippen molar-refractivity contribution in [2.24, 2.45) is 11.8 Å². The Morgan fingerprint density at radius 3 is 2.07 bits per heavy atom. The van der Waals surface area contributed by atoms with Crippen LogP contribution in [0.3, 0.4) is 0 Å². The molecule has 1 unspecified atom stereocenters. The van der Waals surface area contributed by atoms with E-state index in [9.17, 15) is 9.59 Å². The molecule has 1 amide bonds. The highest BCUT2D eigenvalue weighted by atomic mass is 16.5. The van der Waals surface area contributed by atoms with Crippen molar-refractivity contribution in [3.63, 3.8) is 0 Å². The van der Waals surface area contributed by atoms with Gasteiger partial charge >= 0.3 is 5.97 Å². The van der Waals surface area contributed by atoms with Gasteiger partial charge < -0.3 is 10.1 Å². The Balaban J connectivity index is 0. The zero-order valence-corrected chi connectivity index (χ0v) is 19.1. The van der Waals surface area contributed by atoms with Crippen molar-refractivity contribution in [3.8, 4) is 0 Å². The summed E-state index contributed by atoms with van der Waals surface area (Å²) in [6.45, 7) is 13.6. The summed E-state index contributed by atoms with van der Waals surface area (Å²) < 4.78 is 5.20. The number of carbonyl (C=O) groups excluding carboxylic acids is 2. The highest BCUT2D eigenvalue weighted by Gasteiger charge is 2.17. The van der Waals surface area contributed by atoms with E-state index in [1.807, 2.05) is 13.8 Å². The fourth-order valence-electron chi connectivity index (χ4n) is 2.77. The molecule has 0 aromatic carbocycles. The molecule has 1 atom stereocenters. The van der Waals surface area contributed by atoms with Crippen LogP contribution < -0.4 is 5.32 Å². The average Bonchev–Trinajstić information content (AvgIpc) is 2.67. The number of nitrogens with one attached hydrogen (secondary N) is 1. The smallest absolute Gasteiger partial charge is 0.305 e. The molecular weight excluding hydrogens is 338 g/mol. The van der Waals surface area contributed by atoms with E-state index in [0.29, 0.717) is 31.9 Å². The molecule has 4 nitrogen and oxygen atoms in total. The summed E-state index contributed by atoms with van der Waals surface area (Å²) in [5.74, 6) is 0.711. The SMILES string of the molecule is CC.CCCCCCC(CCCC)C(=O)NCCCOC(=O)CCC(C)C. The van der Waals surface area contributed by atoms with Gasteiger partial charge in [-0.05, 0) is 31.6 Å². The summed E-state index contributed by atoms with van der Waals surface area (Å²) in [6.07, 6.45) is 11.1. The average molecular weight is 386 g/mol. The molecule has 1 N–H and O–H groups in total. The summed E-state index contributed by atoms with van der Waals surface area (Å²) in [5, 5.41) is 3.03. The second-order valence-electron chi connectivity index (χ2n) is 7.49. The van der Waals surface area contributed by atoms with Gasteiger partial charge in [-0.15, -0.1) is 0 Å². The number of amides is 1. The van der Waals surface area contributed by atoms with E-state index in [1.54, 1.807) is 0 Å². The van der Waals surface area contributed by atoms with E-state index >= 15 is 0 Å². The van der Waals surface area contributed by atoms with Gasteiger partial charge in [0.2, 0.25) is 5.91 Å². The third kappa shape index (κ3) is 19.5. The highest BCUT2D eigenvalue weighted by molar-refractivity contribution is 5.78. The molecule has 0 aliphatic carbocycles. The van der Waals surface area contributed by atoms with E-state index in [0.717, 1.165) is 38.5 Å². The summed E-state index contributed by atoms with van der Waals surface area (Å²) in [7, 11) is 0. The van der Waals surface area contributed by atoms with Crippen LogP contribution in [0.25, 0.3) is 0 Å². The standard InChI is InChI=1S/C21H41NO3.C2H6/c1-5-7-9-10-13-19(12-8-6-2)21(24)22-16-11-17-25-20(23)15-14-18(3)4;1-2/h18-19H,5-17H2,1-4H3,(H,22,24);1-2H3. The predicted octanol–water partition coefficient (Wildman–Crippen LogP) is 6.28. The second kappa shape index (κ2) is 21.2. The molecule has 0 aliphatic rings. The Kier molecular flexibility index (Phi) is 22.1. The Bertz CT molecular complexity index is 343. The number of esters is 1. The molecule has 0 saturated heterocycles. The van der Waals surface area contributed by atoms with Gasteiger partial charge in [0, 0.05) is 18.9 Å². The fraction of sp³-hybridized carbons (Fsp3) is 0.913. The largest absolute Gasteiger partial charge is 0.466 e. The Morgan fingerprint density at radius 2 is 1.48 bits per heavy atom. The minimum Gasteiger partial charge on any atom is -0.466 e. The van der Waals surface area contributed by atoms with Crippen LogP contribution in [0.15, 0.2) is 0 Å². The zero-order chi connectivity index (χ0) is 20.9. The molecule has 0 aromatic heterocycles. The third-order valence-electron chi connectivity index (χ3n) is 4.49. The van der Waals surface area contributed by atoms with Crippen molar-refractivity contribution in [1.29, 1.82) is 0 Å². The van der Waals surface area contributed by atoms with Crippen LogP contribution in [-0.2, 0) is 14.3 Å². The van der Waals surface area contributed by atoms with Crippen LogP contribution in [0.2, 0.25) is 0 Å². The van der Waals surface area contributed by atoms with Crippen molar-refractivity contribution in [1.82, 2.24) is 5.32 Å². The van der Waals surface area contributed by atoms with Gasteiger partial charge in [0.05, 0.1) is 6.61 Å². The fourth-order valence-corrected chi connectivity index (χ4v) is 2.77. The lowest BCUT2D eigenvalue weighted by Gasteiger charge is -2.16. The number of rotatable bonds is 16. The number of ether oxygens (including phenoxy) is 1. The minimum atomic E-state index is -0.128. The summed E-state index contributed by atoms with van der Waals surface area (Å²) in [4.78, 5) is 23.9. The summed E-state index contributed by atoms with van der Waals surface area (Å²) in [6, 6.07) is 0. The van der Waals surface area contributed by atoms with E-state index < -0.39 is 0 Å². The first-order valence-electron chi connectivity index (χ1n) is 11.4. The van der Waals surface area contributed by atoms with Gasteiger partial charge in [-0.3, -0.25) is 9.59 Å². The number of hydrogen-bond acceptors (Lipinski definition) is 3. The van der Waals surface area contributed by atoms with Gasteiger partial charge in [-0.1, -0.05) is 80.1 Å². The van der Waals surface area contributed by atoms with Crippen LogP contribution in [0.5, 0.6) is 0 Å². The molecule has 162 valence electrons. The molecule has 0 heterocycles.